The lowest BCUT2D eigenvalue weighted by atomic mass is 9.94. The van der Waals surface area contributed by atoms with E-state index in [2.05, 4.69) is 10.2 Å². The van der Waals surface area contributed by atoms with Gasteiger partial charge in [-0.3, -0.25) is 9.69 Å². The van der Waals surface area contributed by atoms with Gasteiger partial charge in [0.1, 0.15) is 0 Å². The Balaban J connectivity index is 1.38. The summed E-state index contributed by atoms with van der Waals surface area (Å²) < 4.78 is 0. The van der Waals surface area contributed by atoms with Crippen molar-refractivity contribution in [3.63, 3.8) is 0 Å². The summed E-state index contributed by atoms with van der Waals surface area (Å²) in [6.45, 7) is 7.15. The smallest absolute Gasteiger partial charge is 0.324 e. The minimum absolute atomic E-state index is 0.0145. The van der Waals surface area contributed by atoms with Crippen molar-refractivity contribution < 1.29 is 9.59 Å². The van der Waals surface area contributed by atoms with Crippen molar-refractivity contribution in [2.24, 2.45) is 5.92 Å². The first kappa shape index (κ1) is 21.5. The van der Waals surface area contributed by atoms with Crippen molar-refractivity contribution in [3.8, 4) is 0 Å². The monoisotopic (exact) mass is 452 g/mol. The Bertz CT molecular complexity index is 998. The number of anilines is 3. The van der Waals surface area contributed by atoms with Crippen molar-refractivity contribution >= 4 is 40.3 Å². The van der Waals surface area contributed by atoms with Gasteiger partial charge in [-0.05, 0) is 76.7 Å². The van der Waals surface area contributed by atoms with E-state index in [9.17, 15) is 9.59 Å². The first-order valence-electron chi connectivity index (χ1n) is 11.9. The Hall–Kier alpha value is -2.38. The number of amides is 3. The van der Waals surface area contributed by atoms with E-state index in [4.69, 9.17) is 0 Å². The summed E-state index contributed by atoms with van der Waals surface area (Å²) in [7, 11) is 0. The number of nitrogens with one attached hydrogen (secondary N) is 1. The van der Waals surface area contributed by atoms with Crippen molar-refractivity contribution in [2.45, 2.75) is 45.4 Å². The molecule has 2 fully saturated rings. The SMILES string of the molecule is Cc1scc2c1N(C(=O)N1CCCC(CCN3CCCCC3)C1)c1ccccc1NC2=O. The molecule has 3 aliphatic heterocycles. The molecule has 0 saturated carbocycles. The standard InChI is InChI=1S/C25H32N4O2S/c1-18-23-20(17-32-18)24(30)26-21-9-3-4-10-22(21)29(23)25(31)28-14-7-8-19(16-28)11-15-27-12-5-2-6-13-27/h3-4,9-10,17,19H,2,5-8,11-16H2,1H3,(H,26,30). The first-order valence-corrected chi connectivity index (χ1v) is 12.8. The van der Waals surface area contributed by atoms with Crippen LogP contribution in [0.3, 0.4) is 0 Å². The van der Waals surface area contributed by atoms with Crippen LogP contribution in [0.4, 0.5) is 21.9 Å². The van der Waals surface area contributed by atoms with E-state index in [1.165, 1.54) is 50.1 Å². The predicted molar refractivity (Wildman–Crippen MR) is 130 cm³/mol. The highest BCUT2D eigenvalue weighted by molar-refractivity contribution is 7.11. The van der Waals surface area contributed by atoms with E-state index in [0.717, 1.165) is 48.7 Å². The highest BCUT2D eigenvalue weighted by Gasteiger charge is 2.35. The number of urea groups is 1. The fourth-order valence-corrected chi connectivity index (χ4v) is 6.16. The van der Waals surface area contributed by atoms with Crippen LogP contribution in [0.5, 0.6) is 0 Å². The number of nitrogens with zero attached hydrogens (tertiary/aromatic N) is 3. The molecule has 2 saturated heterocycles. The molecule has 1 aromatic heterocycles. The second-order valence-corrected chi connectivity index (χ2v) is 10.4. The summed E-state index contributed by atoms with van der Waals surface area (Å²) in [6, 6.07) is 7.60. The summed E-state index contributed by atoms with van der Waals surface area (Å²) in [4.78, 5) is 34.2. The van der Waals surface area contributed by atoms with Crippen LogP contribution in [-0.4, -0.2) is 54.5 Å². The van der Waals surface area contributed by atoms with Crippen LogP contribution in [0.15, 0.2) is 29.6 Å². The number of aryl methyl sites for hydroxylation is 1. The summed E-state index contributed by atoms with van der Waals surface area (Å²) in [5.41, 5.74) is 2.75. The van der Waals surface area contributed by atoms with Gasteiger partial charge in [0, 0.05) is 23.3 Å². The Morgan fingerprint density at radius 2 is 1.94 bits per heavy atom. The summed E-state index contributed by atoms with van der Waals surface area (Å²) in [5, 5.41) is 4.86. The van der Waals surface area contributed by atoms with Gasteiger partial charge in [-0.25, -0.2) is 4.79 Å². The number of fused-ring (bicyclic) bond motifs is 2. The molecule has 7 heteroatoms. The molecule has 5 rings (SSSR count). The number of likely N-dealkylation sites (tertiary alicyclic amines) is 2. The van der Waals surface area contributed by atoms with E-state index in [-0.39, 0.29) is 11.9 Å². The van der Waals surface area contributed by atoms with Gasteiger partial charge in [0.15, 0.2) is 0 Å². The third-order valence-electron chi connectivity index (χ3n) is 7.09. The highest BCUT2D eigenvalue weighted by atomic mass is 32.1. The fourth-order valence-electron chi connectivity index (χ4n) is 5.33. The molecule has 32 heavy (non-hydrogen) atoms. The van der Waals surface area contributed by atoms with Gasteiger partial charge < -0.3 is 15.1 Å². The van der Waals surface area contributed by atoms with Gasteiger partial charge in [0.2, 0.25) is 0 Å². The molecule has 6 nitrogen and oxygen atoms in total. The van der Waals surface area contributed by atoms with Crippen molar-refractivity contribution in [2.75, 3.05) is 42.9 Å². The molecule has 4 heterocycles. The van der Waals surface area contributed by atoms with E-state index < -0.39 is 0 Å². The topological polar surface area (TPSA) is 55.9 Å². The minimum Gasteiger partial charge on any atom is -0.324 e. The maximum Gasteiger partial charge on any atom is 0.329 e. The number of hydrogen-bond acceptors (Lipinski definition) is 4. The fraction of sp³-hybridized carbons (Fsp3) is 0.520. The molecule has 1 unspecified atom stereocenters. The molecule has 0 radical (unpaired) electrons. The summed E-state index contributed by atoms with van der Waals surface area (Å²) in [5.74, 6) is 0.393. The van der Waals surface area contributed by atoms with Gasteiger partial charge in [-0.15, -0.1) is 11.3 Å². The van der Waals surface area contributed by atoms with Crippen LogP contribution in [0, 0.1) is 12.8 Å². The Morgan fingerprint density at radius 1 is 1.12 bits per heavy atom. The maximum absolute atomic E-state index is 13.9. The van der Waals surface area contributed by atoms with Gasteiger partial charge in [0.25, 0.3) is 5.91 Å². The average Bonchev–Trinajstić information content (AvgIpc) is 3.15. The zero-order valence-electron chi connectivity index (χ0n) is 18.8. The van der Waals surface area contributed by atoms with Gasteiger partial charge in [-0.2, -0.15) is 0 Å². The number of piperidine rings is 2. The Kier molecular flexibility index (Phi) is 6.20. The van der Waals surface area contributed by atoms with Gasteiger partial charge in [0.05, 0.1) is 22.6 Å². The number of para-hydroxylation sites is 2. The molecule has 0 spiro atoms. The predicted octanol–water partition coefficient (Wildman–Crippen LogP) is 5.47. The number of rotatable bonds is 3. The molecule has 3 amide bonds. The van der Waals surface area contributed by atoms with E-state index in [1.54, 1.807) is 4.90 Å². The van der Waals surface area contributed by atoms with Crippen LogP contribution in [-0.2, 0) is 0 Å². The minimum atomic E-state index is -0.148. The third kappa shape index (κ3) is 4.16. The van der Waals surface area contributed by atoms with Crippen molar-refractivity contribution in [1.82, 2.24) is 9.80 Å². The zero-order chi connectivity index (χ0) is 22.1. The normalized spacial score (nSPS) is 21.5. The quantitative estimate of drug-likeness (QED) is 0.672. The van der Waals surface area contributed by atoms with Crippen LogP contribution in [0.1, 0.15) is 53.8 Å². The lowest BCUT2D eigenvalue weighted by molar-refractivity contribution is 0.102. The number of thiophene rings is 1. The molecule has 170 valence electrons. The van der Waals surface area contributed by atoms with Crippen molar-refractivity contribution in [3.05, 3.63) is 40.1 Å². The van der Waals surface area contributed by atoms with Crippen LogP contribution < -0.4 is 10.2 Å². The Morgan fingerprint density at radius 3 is 2.78 bits per heavy atom. The summed E-state index contributed by atoms with van der Waals surface area (Å²) >= 11 is 1.52. The second-order valence-electron chi connectivity index (χ2n) is 9.29. The van der Waals surface area contributed by atoms with Crippen LogP contribution in [0.2, 0.25) is 0 Å². The maximum atomic E-state index is 13.9. The largest absolute Gasteiger partial charge is 0.329 e. The molecule has 3 aliphatic rings. The third-order valence-corrected chi connectivity index (χ3v) is 7.99. The van der Waals surface area contributed by atoms with Crippen molar-refractivity contribution in [1.29, 1.82) is 0 Å². The molecule has 0 bridgehead atoms. The number of carbonyl (C=O) groups excluding carboxylic acids is 2. The second kappa shape index (κ2) is 9.24. The number of benzene rings is 1. The lowest BCUT2D eigenvalue weighted by Crippen LogP contribution is -2.46. The molecule has 0 aliphatic carbocycles. The number of hydrogen-bond donors (Lipinski definition) is 1. The lowest BCUT2D eigenvalue weighted by Gasteiger charge is -2.37. The van der Waals surface area contributed by atoms with Crippen LogP contribution >= 0.6 is 11.3 Å². The van der Waals surface area contributed by atoms with E-state index >= 15 is 0 Å². The summed E-state index contributed by atoms with van der Waals surface area (Å²) in [6.07, 6.45) is 7.39. The van der Waals surface area contributed by atoms with E-state index in [1.807, 2.05) is 41.5 Å². The first-order chi connectivity index (χ1) is 15.6. The molecular weight excluding hydrogens is 420 g/mol. The molecule has 2 aromatic rings. The number of carbonyl (C=O) groups is 2. The molecule has 1 atom stereocenters. The molecule has 1 N–H and O–H groups in total. The highest BCUT2D eigenvalue weighted by Crippen LogP contribution is 2.43. The average molecular weight is 453 g/mol. The van der Waals surface area contributed by atoms with E-state index in [0.29, 0.717) is 17.2 Å². The molecule has 1 aromatic carbocycles. The zero-order valence-corrected chi connectivity index (χ0v) is 19.6. The van der Waals surface area contributed by atoms with Gasteiger partial charge in [-0.1, -0.05) is 18.6 Å². The Labute approximate surface area is 194 Å². The van der Waals surface area contributed by atoms with Crippen LogP contribution in [0.25, 0.3) is 0 Å². The van der Waals surface area contributed by atoms with Gasteiger partial charge >= 0.3 is 6.03 Å². The molecular formula is C25H32N4O2S.